The van der Waals surface area contributed by atoms with Crippen LogP contribution in [0.2, 0.25) is 0 Å². The number of amides is 3. The summed E-state index contributed by atoms with van der Waals surface area (Å²) in [7, 11) is 0. The second kappa shape index (κ2) is 8.17. The SMILES string of the molecule is CC(C)(C)c1ccc(NC(=O)C(=O)NCCCNC=O)cc1. The van der Waals surface area contributed by atoms with Gasteiger partial charge in [0, 0.05) is 18.8 Å². The molecule has 0 saturated carbocycles. The highest BCUT2D eigenvalue weighted by Crippen LogP contribution is 2.23. The van der Waals surface area contributed by atoms with Gasteiger partial charge in [0.25, 0.3) is 0 Å². The Bertz CT molecular complexity index is 518. The van der Waals surface area contributed by atoms with Crippen LogP contribution in [-0.2, 0) is 19.8 Å². The first-order chi connectivity index (χ1) is 10.3. The minimum Gasteiger partial charge on any atom is -0.359 e. The minimum absolute atomic E-state index is 0.0372. The van der Waals surface area contributed by atoms with E-state index in [4.69, 9.17) is 0 Å². The van der Waals surface area contributed by atoms with Crippen LogP contribution in [0.5, 0.6) is 0 Å². The number of anilines is 1. The predicted octanol–water partition coefficient (Wildman–Crippen LogP) is 1.17. The first-order valence-electron chi connectivity index (χ1n) is 7.21. The van der Waals surface area contributed by atoms with Crippen molar-refractivity contribution in [3.05, 3.63) is 29.8 Å². The van der Waals surface area contributed by atoms with E-state index in [0.29, 0.717) is 31.6 Å². The van der Waals surface area contributed by atoms with Gasteiger partial charge in [0.05, 0.1) is 0 Å². The molecule has 6 heteroatoms. The number of carbonyl (C=O) groups excluding carboxylic acids is 3. The van der Waals surface area contributed by atoms with Crippen molar-refractivity contribution in [3.63, 3.8) is 0 Å². The Morgan fingerprint density at radius 3 is 2.23 bits per heavy atom. The van der Waals surface area contributed by atoms with Crippen LogP contribution in [0.25, 0.3) is 0 Å². The zero-order chi connectivity index (χ0) is 16.6. The summed E-state index contributed by atoms with van der Waals surface area (Å²) in [5.41, 5.74) is 1.77. The number of hydrogen-bond donors (Lipinski definition) is 3. The fourth-order valence-electron chi connectivity index (χ4n) is 1.77. The van der Waals surface area contributed by atoms with E-state index in [2.05, 4.69) is 36.7 Å². The maximum atomic E-state index is 11.7. The van der Waals surface area contributed by atoms with Crippen LogP contribution in [0.3, 0.4) is 0 Å². The van der Waals surface area contributed by atoms with Crippen molar-refractivity contribution in [1.29, 1.82) is 0 Å². The summed E-state index contributed by atoms with van der Waals surface area (Å²) < 4.78 is 0. The van der Waals surface area contributed by atoms with E-state index >= 15 is 0 Å². The van der Waals surface area contributed by atoms with Gasteiger partial charge in [-0.3, -0.25) is 14.4 Å². The standard InChI is InChI=1S/C16H23N3O3/c1-16(2,3)12-5-7-13(8-6-12)19-15(22)14(21)18-10-4-9-17-11-20/h5-8,11H,4,9-10H2,1-3H3,(H,17,20)(H,18,21)(H,19,22). The molecule has 3 amide bonds. The molecule has 0 aliphatic carbocycles. The van der Waals surface area contributed by atoms with Gasteiger partial charge in [0.15, 0.2) is 0 Å². The first kappa shape index (κ1) is 17.7. The average molecular weight is 305 g/mol. The van der Waals surface area contributed by atoms with Crippen LogP contribution in [-0.4, -0.2) is 31.3 Å². The Labute approximate surface area is 130 Å². The molecule has 0 aliphatic heterocycles. The van der Waals surface area contributed by atoms with Gasteiger partial charge >= 0.3 is 11.8 Å². The van der Waals surface area contributed by atoms with Gasteiger partial charge in [0.1, 0.15) is 0 Å². The Balaban J connectivity index is 2.44. The molecule has 6 nitrogen and oxygen atoms in total. The summed E-state index contributed by atoms with van der Waals surface area (Å²) >= 11 is 0. The first-order valence-corrected chi connectivity index (χ1v) is 7.21. The molecule has 120 valence electrons. The molecule has 0 unspecified atom stereocenters. The van der Waals surface area contributed by atoms with Gasteiger partial charge in [-0.15, -0.1) is 0 Å². The van der Waals surface area contributed by atoms with Gasteiger partial charge in [-0.2, -0.15) is 0 Å². The minimum atomic E-state index is -0.702. The van der Waals surface area contributed by atoms with Crippen molar-refractivity contribution in [2.75, 3.05) is 18.4 Å². The van der Waals surface area contributed by atoms with Crippen LogP contribution >= 0.6 is 0 Å². The molecule has 0 radical (unpaired) electrons. The third-order valence-electron chi connectivity index (χ3n) is 3.08. The molecule has 0 fully saturated rings. The van der Waals surface area contributed by atoms with E-state index in [1.165, 1.54) is 0 Å². The molecule has 0 saturated heterocycles. The second-order valence-corrected chi connectivity index (χ2v) is 5.96. The van der Waals surface area contributed by atoms with Gasteiger partial charge in [-0.25, -0.2) is 0 Å². The third kappa shape index (κ3) is 5.95. The average Bonchev–Trinajstić information content (AvgIpc) is 2.46. The Morgan fingerprint density at radius 2 is 1.68 bits per heavy atom. The summed E-state index contributed by atoms with van der Waals surface area (Å²) in [5, 5.41) is 7.52. The molecular weight excluding hydrogens is 282 g/mol. The number of nitrogens with one attached hydrogen (secondary N) is 3. The third-order valence-corrected chi connectivity index (χ3v) is 3.08. The zero-order valence-electron chi connectivity index (χ0n) is 13.2. The molecule has 0 spiro atoms. The van der Waals surface area contributed by atoms with Crippen LogP contribution in [0, 0.1) is 0 Å². The molecule has 3 N–H and O–H groups in total. The highest BCUT2D eigenvalue weighted by molar-refractivity contribution is 6.39. The van der Waals surface area contributed by atoms with Crippen molar-refractivity contribution >= 4 is 23.9 Å². The zero-order valence-corrected chi connectivity index (χ0v) is 13.2. The molecule has 1 aromatic rings. The molecule has 22 heavy (non-hydrogen) atoms. The topological polar surface area (TPSA) is 87.3 Å². The molecule has 0 atom stereocenters. The smallest absolute Gasteiger partial charge is 0.313 e. The molecule has 1 rings (SSSR count). The Hall–Kier alpha value is -2.37. The van der Waals surface area contributed by atoms with Gasteiger partial charge in [-0.1, -0.05) is 32.9 Å². The summed E-state index contributed by atoms with van der Waals surface area (Å²) in [5.74, 6) is -1.39. The fraction of sp³-hybridized carbons (Fsp3) is 0.438. The highest BCUT2D eigenvalue weighted by atomic mass is 16.2. The molecule has 0 aliphatic rings. The van der Waals surface area contributed by atoms with E-state index < -0.39 is 11.8 Å². The van der Waals surface area contributed by atoms with Crippen molar-refractivity contribution in [2.45, 2.75) is 32.6 Å². The van der Waals surface area contributed by atoms with Crippen LogP contribution in [0.15, 0.2) is 24.3 Å². The Kier molecular flexibility index (Phi) is 6.56. The van der Waals surface area contributed by atoms with Crippen LogP contribution in [0.4, 0.5) is 5.69 Å². The lowest BCUT2D eigenvalue weighted by Gasteiger charge is -2.19. The summed E-state index contributed by atoms with van der Waals surface area (Å²) in [4.78, 5) is 33.3. The van der Waals surface area contributed by atoms with Gasteiger partial charge in [0.2, 0.25) is 6.41 Å². The lowest BCUT2D eigenvalue weighted by Crippen LogP contribution is -2.36. The van der Waals surface area contributed by atoms with Gasteiger partial charge < -0.3 is 16.0 Å². The molecule has 1 aromatic carbocycles. The van der Waals surface area contributed by atoms with E-state index in [1.807, 2.05) is 12.1 Å². The quantitative estimate of drug-likeness (QED) is 0.419. The van der Waals surface area contributed by atoms with E-state index in [1.54, 1.807) is 12.1 Å². The number of carbonyl (C=O) groups is 3. The molecular formula is C16H23N3O3. The maximum Gasteiger partial charge on any atom is 0.313 e. The largest absolute Gasteiger partial charge is 0.359 e. The lowest BCUT2D eigenvalue weighted by atomic mass is 9.87. The predicted molar refractivity (Wildman–Crippen MR) is 85.5 cm³/mol. The van der Waals surface area contributed by atoms with Crippen molar-refractivity contribution in [3.8, 4) is 0 Å². The number of rotatable bonds is 6. The second-order valence-electron chi connectivity index (χ2n) is 5.96. The normalized spacial score (nSPS) is 10.7. The van der Waals surface area contributed by atoms with E-state index in [0.717, 1.165) is 5.56 Å². The number of benzene rings is 1. The van der Waals surface area contributed by atoms with Crippen molar-refractivity contribution in [1.82, 2.24) is 10.6 Å². The summed E-state index contributed by atoms with van der Waals surface area (Å²) in [6.45, 7) is 7.10. The molecule has 0 heterocycles. The van der Waals surface area contributed by atoms with Crippen LogP contribution < -0.4 is 16.0 Å². The maximum absolute atomic E-state index is 11.7. The fourth-order valence-corrected chi connectivity index (χ4v) is 1.77. The molecule has 0 aromatic heterocycles. The lowest BCUT2D eigenvalue weighted by molar-refractivity contribution is -0.136. The van der Waals surface area contributed by atoms with Crippen LogP contribution in [0.1, 0.15) is 32.8 Å². The Morgan fingerprint density at radius 1 is 1.05 bits per heavy atom. The summed E-state index contributed by atoms with van der Waals surface area (Å²) in [6, 6.07) is 7.41. The summed E-state index contributed by atoms with van der Waals surface area (Å²) in [6.07, 6.45) is 1.16. The van der Waals surface area contributed by atoms with Crippen molar-refractivity contribution < 1.29 is 14.4 Å². The van der Waals surface area contributed by atoms with Gasteiger partial charge in [-0.05, 0) is 29.5 Å². The highest BCUT2D eigenvalue weighted by Gasteiger charge is 2.15. The van der Waals surface area contributed by atoms with E-state index in [9.17, 15) is 14.4 Å². The van der Waals surface area contributed by atoms with Crippen molar-refractivity contribution in [2.24, 2.45) is 0 Å². The number of hydrogen-bond acceptors (Lipinski definition) is 3. The monoisotopic (exact) mass is 305 g/mol. The van der Waals surface area contributed by atoms with E-state index in [-0.39, 0.29) is 5.41 Å². The molecule has 0 bridgehead atoms.